The fourth-order valence-electron chi connectivity index (χ4n) is 6.75. The van der Waals surface area contributed by atoms with Crippen LogP contribution in [0.3, 0.4) is 0 Å². The van der Waals surface area contributed by atoms with Crippen molar-refractivity contribution in [2.75, 3.05) is 6.54 Å². The van der Waals surface area contributed by atoms with Gasteiger partial charge in [0, 0.05) is 36.4 Å². The van der Waals surface area contributed by atoms with Crippen molar-refractivity contribution in [2.24, 2.45) is 17.6 Å². The van der Waals surface area contributed by atoms with E-state index in [0.717, 1.165) is 11.6 Å². The van der Waals surface area contributed by atoms with Crippen molar-refractivity contribution in [2.45, 2.75) is 56.8 Å². The van der Waals surface area contributed by atoms with Gasteiger partial charge in [-0.25, -0.2) is 0 Å². The molecule has 7 N–H and O–H groups in total. The standard InChI is InChI=1S/C31H31F3N2O7/c1-29(2,16-6-4-3-5-7-16)13-36-12-15-10-19(37)22-18(24(15)31(32,33)34)9-14-8-17-11-20(38)23(28(35)42)27(41)30(17,43)26(40)21(14)25(22)39/h3-7,10,14,17,36-38,40,43H,8-9,11-13H2,1-2H3,(H2,35,42)/t14?,17-,30-/m0/s1. The van der Waals surface area contributed by atoms with Crippen LogP contribution in [0.1, 0.15) is 59.3 Å². The van der Waals surface area contributed by atoms with E-state index in [1.807, 2.05) is 44.2 Å². The van der Waals surface area contributed by atoms with Gasteiger partial charge in [0.1, 0.15) is 22.8 Å². The molecule has 0 bridgehead atoms. The summed E-state index contributed by atoms with van der Waals surface area (Å²) in [5.41, 5.74) is -1.04. The minimum absolute atomic E-state index is 0.269. The quantitative estimate of drug-likeness (QED) is 0.273. The Morgan fingerprint density at radius 2 is 1.74 bits per heavy atom. The molecule has 0 saturated heterocycles. The minimum Gasteiger partial charge on any atom is -0.511 e. The van der Waals surface area contributed by atoms with Crippen LogP contribution in [-0.2, 0) is 34.1 Å². The van der Waals surface area contributed by atoms with Gasteiger partial charge in [-0.3, -0.25) is 14.4 Å². The second-order valence-corrected chi connectivity index (χ2v) is 12.0. The molecule has 3 aliphatic rings. The number of aromatic hydroxyl groups is 1. The highest BCUT2D eigenvalue weighted by Crippen LogP contribution is 2.53. The molecule has 0 aliphatic heterocycles. The minimum atomic E-state index is -4.92. The topological polar surface area (TPSA) is 170 Å². The number of nitrogens with two attached hydrogens (primary N) is 1. The van der Waals surface area contributed by atoms with E-state index >= 15 is 0 Å². The number of carbonyl (C=O) groups excluding carboxylic acids is 3. The highest BCUT2D eigenvalue weighted by Gasteiger charge is 2.60. The number of allylic oxidation sites excluding steroid dienone is 2. The first kappa shape index (κ1) is 30.3. The zero-order valence-electron chi connectivity index (χ0n) is 23.4. The van der Waals surface area contributed by atoms with Crippen LogP contribution in [0.5, 0.6) is 5.75 Å². The molecule has 12 heteroatoms. The number of carbonyl (C=O) groups is 3. The lowest BCUT2D eigenvalue weighted by Gasteiger charge is -2.45. The molecular formula is C31H31F3N2O7. The predicted molar refractivity (Wildman–Crippen MR) is 147 cm³/mol. The summed E-state index contributed by atoms with van der Waals surface area (Å²) in [5, 5.41) is 46.6. The fourth-order valence-corrected chi connectivity index (χ4v) is 6.75. The number of phenols is 1. The van der Waals surface area contributed by atoms with Crippen molar-refractivity contribution in [3.63, 3.8) is 0 Å². The number of amides is 1. The first-order valence-electron chi connectivity index (χ1n) is 13.7. The number of alkyl halides is 3. The molecule has 9 nitrogen and oxygen atoms in total. The summed E-state index contributed by atoms with van der Waals surface area (Å²) in [6.45, 7) is 3.89. The van der Waals surface area contributed by atoms with E-state index in [4.69, 9.17) is 5.73 Å². The Balaban J connectivity index is 1.55. The van der Waals surface area contributed by atoms with Crippen molar-refractivity contribution >= 4 is 17.5 Å². The molecular weight excluding hydrogens is 569 g/mol. The number of rotatable bonds is 6. The van der Waals surface area contributed by atoms with Gasteiger partial charge < -0.3 is 31.5 Å². The van der Waals surface area contributed by atoms with Gasteiger partial charge >= 0.3 is 6.18 Å². The second kappa shape index (κ2) is 10.2. The van der Waals surface area contributed by atoms with Gasteiger partial charge in [0.2, 0.25) is 5.78 Å². The molecule has 1 amide bonds. The number of aliphatic hydroxyl groups excluding tert-OH is 2. The van der Waals surface area contributed by atoms with Gasteiger partial charge in [-0.05, 0) is 41.5 Å². The smallest absolute Gasteiger partial charge is 0.417 e. The van der Waals surface area contributed by atoms with Gasteiger partial charge in [-0.15, -0.1) is 0 Å². The van der Waals surface area contributed by atoms with E-state index in [1.54, 1.807) is 0 Å². The molecule has 0 fully saturated rings. The third-order valence-corrected chi connectivity index (χ3v) is 8.87. The van der Waals surface area contributed by atoms with Gasteiger partial charge in [-0.1, -0.05) is 44.2 Å². The number of halogens is 3. The monoisotopic (exact) mass is 600 g/mol. The number of benzene rings is 2. The number of fused-ring (bicyclic) bond motifs is 3. The number of aliphatic hydroxyl groups is 3. The average molecular weight is 601 g/mol. The molecule has 3 atom stereocenters. The van der Waals surface area contributed by atoms with Crippen LogP contribution in [0.15, 0.2) is 59.1 Å². The summed E-state index contributed by atoms with van der Waals surface area (Å²) in [7, 11) is 0. The Labute approximate surface area is 244 Å². The summed E-state index contributed by atoms with van der Waals surface area (Å²) < 4.78 is 43.9. The zero-order chi connectivity index (χ0) is 31.6. The molecule has 228 valence electrons. The van der Waals surface area contributed by atoms with E-state index in [2.05, 4.69) is 5.32 Å². The van der Waals surface area contributed by atoms with E-state index in [0.29, 0.717) is 6.54 Å². The fraction of sp³-hybridized carbons (Fsp3) is 0.387. The number of ketones is 2. The van der Waals surface area contributed by atoms with Crippen LogP contribution >= 0.6 is 0 Å². The number of hydrogen-bond acceptors (Lipinski definition) is 8. The Kier molecular flexibility index (Phi) is 7.21. The van der Waals surface area contributed by atoms with Crippen LogP contribution in [0, 0.1) is 11.8 Å². The SMILES string of the molecule is CC(C)(CNCc1cc(O)c2c(c1C(F)(F)F)CC1C[C@H]3CC(O)=C(C(N)=O)C(=O)[C@@]3(O)C(O)=C1C2=O)c1ccccc1. The Morgan fingerprint density at radius 3 is 2.35 bits per heavy atom. The van der Waals surface area contributed by atoms with Crippen molar-refractivity contribution in [1.82, 2.24) is 5.32 Å². The Morgan fingerprint density at radius 1 is 1.09 bits per heavy atom. The second-order valence-electron chi connectivity index (χ2n) is 12.0. The molecule has 0 heterocycles. The van der Waals surface area contributed by atoms with Crippen molar-refractivity contribution < 1.29 is 48.0 Å². The summed E-state index contributed by atoms with van der Waals surface area (Å²) >= 11 is 0. The highest BCUT2D eigenvalue weighted by molar-refractivity contribution is 6.24. The maximum Gasteiger partial charge on any atom is 0.417 e. The molecule has 0 radical (unpaired) electrons. The summed E-state index contributed by atoms with van der Waals surface area (Å²) in [4.78, 5) is 38.5. The number of phenolic OH excluding ortho intramolecular Hbond substituents is 1. The molecule has 5 rings (SSSR count). The Hall–Kier alpha value is -4.16. The van der Waals surface area contributed by atoms with E-state index in [-0.39, 0.29) is 18.5 Å². The molecule has 0 spiro atoms. The molecule has 1 unspecified atom stereocenters. The van der Waals surface area contributed by atoms with Gasteiger partial charge in [0.25, 0.3) is 5.91 Å². The first-order valence-corrected chi connectivity index (χ1v) is 13.7. The first-order chi connectivity index (χ1) is 20.0. The third kappa shape index (κ3) is 4.78. The molecule has 43 heavy (non-hydrogen) atoms. The number of Topliss-reactive ketones (excluding diaryl/α,β-unsaturated/α-hetero) is 2. The maximum absolute atomic E-state index is 14.6. The van der Waals surface area contributed by atoms with Gasteiger partial charge in [0.05, 0.1) is 11.1 Å². The van der Waals surface area contributed by atoms with Crippen molar-refractivity contribution in [3.05, 3.63) is 86.9 Å². The van der Waals surface area contributed by atoms with Crippen LogP contribution in [-0.4, -0.2) is 50.0 Å². The highest BCUT2D eigenvalue weighted by atomic mass is 19.4. The van der Waals surface area contributed by atoms with Crippen LogP contribution in [0.25, 0.3) is 0 Å². The lowest BCUT2D eigenvalue weighted by Crippen LogP contribution is -2.57. The third-order valence-electron chi connectivity index (χ3n) is 8.87. The molecule has 2 aromatic rings. The van der Waals surface area contributed by atoms with E-state index in [1.165, 1.54) is 0 Å². The van der Waals surface area contributed by atoms with Crippen LogP contribution < -0.4 is 11.1 Å². The van der Waals surface area contributed by atoms with E-state index in [9.17, 15) is 48.0 Å². The van der Waals surface area contributed by atoms with Gasteiger partial charge in [-0.2, -0.15) is 13.2 Å². The lowest BCUT2D eigenvalue weighted by molar-refractivity contribution is -0.144. The number of hydrogen-bond donors (Lipinski definition) is 6. The largest absolute Gasteiger partial charge is 0.511 e. The molecule has 3 aliphatic carbocycles. The average Bonchev–Trinajstić information content (AvgIpc) is 2.90. The molecule has 0 saturated carbocycles. The lowest BCUT2D eigenvalue weighted by atomic mass is 9.60. The van der Waals surface area contributed by atoms with Crippen molar-refractivity contribution in [1.29, 1.82) is 0 Å². The number of nitrogens with one attached hydrogen (secondary N) is 1. The molecule has 0 aromatic heterocycles. The van der Waals surface area contributed by atoms with Crippen molar-refractivity contribution in [3.8, 4) is 5.75 Å². The zero-order valence-corrected chi connectivity index (χ0v) is 23.4. The number of primary amides is 1. The summed E-state index contributed by atoms with van der Waals surface area (Å²) in [5.74, 6) is -8.85. The maximum atomic E-state index is 14.6. The summed E-state index contributed by atoms with van der Waals surface area (Å²) in [6, 6.07) is 10.3. The van der Waals surface area contributed by atoms with E-state index < -0.39 is 104 Å². The van der Waals surface area contributed by atoms with Gasteiger partial charge in [0.15, 0.2) is 11.4 Å². The predicted octanol–water partition coefficient (Wildman–Crippen LogP) is 3.67. The summed E-state index contributed by atoms with van der Waals surface area (Å²) in [6.07, 6.45) is -6.11. The van der Waals surface area contributed by atoms with Crippen LogP contribution in [0.4, 0.5) is 13.2 Å². The van der Waals surface area contributed by atoms with Crippen LogP contribution in [0.2, 0.25) is 0 Å². The molecule has 2 aromatic carbocycles. The normalized spacial score (nSPS) is 24.0. The Bertz CT molecular complexity index is 1610.